The maximum Gasteiger partial charge on any atom is 0.338 e. The number of carbonyl (C=O) groups is 6. The lowest BCUT2D eigenvalue weighted by atomic mass is 9.44. The third kappa shape index (κ3) is 7.73. The van der Waals surface area contributed by atoms with Crippen LogP contribution in [-0.2, 0) is 42.9 Å². The SMILES string of the molecule is CC(=O)O[C@H]1C(=O)[C@@]2(C)C(C(OC(=O)c3ccccc3)[C@]3(O)C[C@H](OC(=O)C(O)[C@@H](NC(=O)c4ccc(Cl)cc4)c4ccccc4)C(C)=C1C3(C)C)[C@]1(OC(C)=O)CO[C@@H]1C[C@@H]2O. The molecule has 4 aliphatic rings. The van der Waals surface area contributed by atoms with Crippen molar-refractivity contribution in [3.63, 3.8) is 0 Å². The van der Waals surface area contributed by atoms with Gasteiger partial charge in [-0.05, 0) is 67.0 Å². The van der Waals surface area contributed by atoms with Crippen LogP contribution in [0.5, 0.6) is 0 Å². The van der Waals surface area contributed by atoms with Crippen LogP contribution in [0, 0.1) is 16.7 Å². The number of ether oxygens (including phenoxy) is 5. The fraction of sp³-hybridized carbons (Fsp3) is 0.447. The second-order valence-corrected chi connectivity index (χ2v) is 17.9. The first-order valence-corrected chi connectivity index (χ1v) is 21.0. The van der Waals surface area contributed by atoms with E-state index in [9.17, 15) is 39.3 Å². The molecule has 334 valence electrons. The Labute approximate surface area is 368 Å². The first-order chi connectivity index (χ1) is 29.7. The fourth-order valence-electron chi connectivity index (χ4n) is 10.2. The van der Waals surface area contributed by atoms with Gasteiger partial charge in [0.15, 0.2) is 23.6 Å². The molecule has 16 heteroatoms. The van der Waals surface area contributed by atoms with Crippen LogP contribution < -0.4 is 5.32 Å². The van der Waals surface area contributed by atoms with Gasteiger partial charge in [-0.25, -0.2) is 9.59 Å². The molecule has 1 heterocycles. The second-order valence-electron chi connectivity index (χ2n) is 17.5. The van der Waals surface area contributed by atoms with Gasteiger partial charge < -0.3 is 44.3 Å². The molecule has 1 amide bonds. The minimum atomic E-state index is -2.40. The van der Waals surface area contributed by atoms with Gasteiger partial charge in [-0.3, -0.25) is 19.2 Å². The molecule has 2 saturated carbocycles. The Hall–Kier alpha value is -5.45. The van der Waals surface area contributed by atoms with Gasteiger partial charge in [-0.15, -0.1) is 0 Å². The Morgan fingerprint density at radius 1 is 0.857 bits per heavy atom. The van der Waals surface area contributed by atoms with Crippen LogP contribution in [0.4, 0.5) is 0 Å². The molecule has 3 aliphatic carbocycles. The van der Waals surface area contributed by atoms with Gasteiger partial charge >= 0.3 is 23.9 Å². The molecule has 1 saturated heterocycles. The maximum atomic E-state index is 15.5. The molecule has 2 bridgehead atoms. The molecular weight excluding hydrogens is 838 g/mol. The van der Waals surface area contributed by atoms with Crippen molar-refractivity contribution in [1.82, 2.24) is 5.32 Å². The highest BCUT2D eigenvalue weighted by Crippen LogP contribution is 2.64. The van der Waals surface area contributed by atoms with E-state index < -0.39 is 113 Å². The summed E-state index contributed by atoms with van der Waals surface area (Å²) >= 11 is 6.03. The van der Waals surface area contributed by atoms with E-state index >= 15 is 4.79 Å². The number of rotatable bonds is 10. The van der Waals surface area contributed by atoms with Gasteiger partial charge in [0, 0.05) is 42.7 Å². The largest absolute Gasteiger partial charge is 0.456 e. The predicted octanol–water partition coefficient (Wildman–Crippen LogP) is 4.39. The van der Waals surface area contributed by atoms with Crippen LogP contribution in [0.1, 0.15) is 86.7 Å². The zero-order valence-electron chi connectivity index (χ0n) is 35.5. The minimum absolute atomic E-state index is 0.0134. The number of benzene rings is 3. The van der Waals surface area contributed by atoms with Crippen LogP contribution in [0.15, 0.2) is 96.1 Å². The smallest absolute Gasteiger partial charge is 0.338 e. The Morgan fingerprint density at radius 2 is 1.48 bits per heavy atom. The molecule has 11 atom stereocenters. The molecule has 4 N–H and O–H groups in total. The van der Waals surface area contributed by atoms with Crippen molar-refractivity contribution >= 4 is 47.2 Å². The highest BCUT2D eigenvalue weighted by Gasteiger charge is 2.78. The topological polar surface area (TPSA) is 221 Å². The third-order valence-corrected chi connectivity index (χ3v) is 13.8. The number of Topliss-reactive ketones (excluding diaryl/α,β-unsaturated/α-hetero) is 1. The zero-order valence-corrected chi connectivity index (χ0v) is 36.3. The van der Waals surface area contributed by atoms with Crippen LogP contribution in [0.25, 0.3) is 0 Å². The first kappa shape index (κ1) is 45.6. The highest BCUT2D eigenvalue weighted by atomic mass is 35.5. The lowest BCUT2D eigenvalue weighted by Gasteiger charge is -2.67. The van der Waals surface area contributed by atoms with E-state index in [4.69, 9.17) is 35.3 Å². The Bertz CT molecular complexity index is 2340. The second kappa shape index (κ2) is 16.9. The van der Waals surface area contributed by atoms with Crippen molar-refractivity contribution < 1.29 is 67.8 Å². The van der Waals surface area contributed by atoms with Gasteiger partial charge in [0.1, 0.15) is 23.9 Å². The van der Waals surface area contributed by atoms with E-state index in [-0.39, 0.29) is 35.3 Å². The molecule has 3 fully saturated rings. The number of aliphatic hydroxyl groups is 3. The van der Waals surface area contributed by atoms with Crippen LogP contribution >= 0.6 is 11.6 Å². The van der Waals surface area contributed by atoms with Crippen molar-refractivity contribution in [2.24, 2.45) is 16.7 Å². The lowest BCUT2D eigenvalue weighted by molar-refractivity contribution is -0.346. The summed E-state index contributed by atoms with van der Waals surface area (Å²) in [6.45, 7) is 7.93. The van der Waals surface area contributed by atoms with Crippen LogP contribution in [0.3, 0.4) is 0 Å². The summed E-state index contributed by atoms with van der Waals surface area (Å²) in [5, 5.41) is 40.6. The van der Waals surface area contributed by atoms with Crippen LogP contribution in [-0.4, -0.2) is 105 Å². The van der Waals surface area contributed by atoms with E-state index in [0.29, 0.717) is 10.6 Å². The van der Waals surface area contributed by atoms with Crippen molar-refractivity contribution in [2.45, 2.75) is 108 Å². The summed E-state index contributed by atoms with van der Waals surface area (Å²) in [7, 11) is 0. The lowest BCUT2D eigenvalue weighted by Crippen LogP contribution is -2.82. The third-order valence-electron chi connectivity index (χ3n) is 13.6. The van der Waals surface area contributed by atoms with Gasteiger partial charge in [0.25, 0.3) is 5.91 Å². The number of hydrogen-bond donors (Lipinski definition) is 4. The highest BCUT2D eigenvalue weighted by molar-refractivity contribution is 6.30. The number of carbonyl (C=O) groups excluding carboxylic acids is 6. The van der Waals surface area contributed by atoms with E-state index in [1.165, 1.54) is 50.2 Å². The average Bonchev–Trinajstić information content (AvgIpc) is 3.24. The van der Waals surface area contributed by atoms with Gasteiger partial charge in [-0.2, -0.15) is 0 Å². The van der Waals surface area contributed by atoms with E-state index in [2.05, 4.69) is 5.32 Å². The standard InChI is InChI=1S/C47H50ClNO14/c1-24-31(61-43(57)36(53)35(27-13-9-7-10-14-27)49-41(55)28-17-19-30(48)20-18-28)22-47(58)40(62-42(56)29-15-11-8-12-16-29)38-45(6,32(52)21-33-46(38,23-59-33)63-26(3)51)39(54)37(60-25(2)50)34(24)44(47,4)5/h7-20,31-33,35-38,40,52-53,58H,21-23H2,1-6H3,(H,49,55)/t31-,32-,33+,35-,36?,37+,38?,40?,45+,46-,47+/m0/s1. The zero-order chi connectivity index (χ0) is 45.8. The Balaban J connectivity index is 1.38. The summed E-state index contributed by atoms with van der Waals surface area (Å²) in [6, 6.07) is 20.6. The normalized spacial score (nSPS) is 31.6. The van der Waals surface area contributed by atoms with Gasteiger partial charge in [0.2, 0.25) is 0 Å². The predicted molar refractivity (Wildman–Crippen MR) is 223 cm³/mol. The van der Waals surface area contributed by atoms with E-state index in [1.807, 2.05) is 0 Å². The summed E-state index contributed by atoms with van der Waals surface area (Å²) in [5.74, 6) is -6.95. The number of hydrogen-bond acceptors (Lipinski definition) is 14. The number of fused-ring (bicyclic) bond motifs is 5. The number of halogens is 1. The number of aliphatic hydroxyl groups excluding tert-OH is 2. The maximum absolute atomic E-state index is 15.5. The molecule has 3 aromatic rings. The summed E-state index contributed by atoms with van der Waals surface area (Å²) in [5.41, 5.74) is -7.19. The monoisotopic (exact) mass is 887 g/mol. The number of ketones is 1. The number of nitrogens with one attached hydrogen (secondary N) is 1. The molecule has 0 radical (unpaired) electrons. The van der Waals surface area contributed by atoms with Crippen molar-refractivity contribution in [2.75, 3.05) is 6.61 Å². The molecule has 7 rings (SSSR count). The molecule has 3 aromatic carbocycles. The van der Waals surface area contributed by atoms with Gasteiger partial charge in [-0.1, -0.05) is 74.0 Å². The average molecular weight is 888 g/mol. The fourth-order valence-corrected chi connectivity index (χ4v) is 10.3. The summed E-state index contributed by atoms with van der Waals surface area (Å²) < 4.78 is 30.3. The molecule has 1 aliphatic heterocycles. The van der Waals surface area contributed by atoms with Gasteiger partial charge in [0.05, 0.1) is 35.6 Å². The summed E-state index contributed by atoms with van der Waals surface area (Å²) in [6.07, 6.45) is -10.6. The first-order valence-electron chi connectivity index (χ1n) is 20.6. The van der Waals surface area contributed by atoms with Crippen molar-refractivity contribution in [1.29, 1.82) is 0 Å². The number of esters is 4. The molecule has 63 heavy (non-hydrogen) atoms. The van der Waals surface area contributed by atoms with Crippen LogP contribution in [0.2, 0.25) is 5.02 Å². The van der Waals surface area contributed by atoms with Crippen molar-refractivity contribution in [3.8, 4) is 0 Å². The number of amides is 1. The molecular formula is C47H50ClNO14. The molecule has 15 nitrogen and oxygen atoms in total. The molecule has 0 spiro atoms. The molecule has 0 aromatic heterocycles. The Morgan fingerprint density at radius 3 is 2.05 bits per heavy atom. The quantitative estimate of drug-likeness (QED) is 0.126. The summed E-state index contributed by atoms with van der Waals surface area (Å²) in [4.78, 5) is 83.6. The Kier molecular flexibility index (Phi) is 12.2. The molecule has 3 unspecified atom stereocenters. The minimum Gasteiger partial charge on any atom is -0.456 e. The van der Waals surface area contributed by atoms with Crippen molar-refractivity contribution in [3.05, 3.63) is 118 Å². The van der Waals surface area contributed by atoms with E-state index in [1.54, 1.807) is 62.4 Å². The van der Waals surface area contributed by atoms with E-state index in [0.717, 1.165) is 13.8 Å².